The number of carbonyl (C=O) groups is 3. The van der Waals surface area contributed by atoms with E-state index in [9.17, 15) is 24.6 Å². The molecule has 15 nitrogen and oxygen atoms in total. The Kier molecular flexibility index (Phi) is 11.4. The Morgan fingerprint density at radius 3 is 2.52 bits per heavy atom. The molecule has 3 aliphatic rings. The number of nitrogens with zero attached hydrogens (tertiary/aromatic N) is 6. The smallest absolute Gasteiger partial charge is 0.243 e. The van der Waals surface area contributed by atoms with Crippen LogP contribution in [0.25, 0.3) is 32.7 Å². The number of thiazole rings is 1. The minimum atomic E-state index is -1.09. The second-order valence-corrected chi connectivity index (χ2v) is 18.7. The number of carbonyl (C=O) groups excluding carboxylic acids is 3. The number of nitrogens with two attached hydrogens (primary N) is 1. The zero-order valence-corrected chi connectivity index (χ0v) is 36.7. The number of aromatic nitrogens is 5. The van der Waals surface area contributed by atoms with E-state index in [1.807, 2.05) is 80.6 Å². The SMILES string of the molecule is Cc1ncsc1-c1ccc([C@H](C)NC(=O)[C@@H]2C[C@@H](O)CN2C(=O)[C@@H](c2cc(C3CCN(C(=O)[C@@]4(N)CCc5[nH]c6nnc(-c7ccccc7O)cc6c5C4)CC3)no2)C(C)C)cc1. The van der Waals surface area contributed by atoms with Gasteiger partial charge in [-0.3, -0.25) is 14.4 Å². The maximum absolute atomic E-state index is 14.4. The Balaban J connectivity index is 0.834. The number of benzene rings is 2. The fraction of sp³-hybridized carbons (Fsp3) is 0.426. The van der Waals surface area contributed by atoms with E-state index in [2.05, 4.69) is 30.6 Å². The third-order valence-electron chi connectivity index (χ3n) is 13.3. The number of piperidine rings is 1. The highest BCUT2D eigenvalue weighted by atomic mass is 32.1. The molecule has 2 aromatic carbocycles. The monoisotopic (exact) mass is 871 g/mol. The number of aryl methyl sites for hydroxylation is 2. The number of phenolic OH excluding ortho intramolecular Hbond substituents is 1. The van der Waals surface area contributed by atoms with Crippen molar-refractivity contribution in [2.24, 2.45) is 11.7 Å². The number of aliphatic hydroxyl groups excluding tert-OH is 1. The molecule has 6 heterocycles. The number of aromatic hydroxyl groups is 1. The molecule has 5 atom stereocenters. The number of amides is 3. The number of aromatic amines is 1. The number of β-amino-alcohol motifs (C(OH)–C–C–N with tert-alkyl or cyclic N) is 1. The van der Waals surface area contributed by atoms with Crippen molar-refractivity contribution >= 4 is 40.1 Å². The van der Waals surface area contributed by atoms with Gasteiger partial charge in [0.05, 0.1) is 39.6 Å². The summed E-state index contributed by atoms with van der Waals surface area (Å²) in [6.07, 6.45) is 2.03. The van der Waals surface area contributed by atoms with Gasteiger partial charge in [0.25, 0.3) is 0 Å². The quantitative estimate of drug-likeness (QED) is 0.109. The second-order valence-electron chi connectivity index (χ2n) is 17.9. The number of nitrogens with one attached hydrogen (secondary N) is 2. The van der Waals surface area contributed by atoms with Crippen molar-refractivity contribution in [1.82, 2.24) is 40.4 Å². The summed E-state index contributed by atoms with van der Waals surface area (Å²) in [5, 5.41) is 38.3. The lowest BCUT2D eigenvalue weighted by molar-refractivity contribution is -0.141. The van der Waals surface area contributed by atoms with Crippen LogP contribution in [0.1, 0.15) is 98.3 Å². The summed E-state index contributed by atoms with van der Waals surface area (Å²) in [5.41, 5.74) is 15.1. The van der Waals surface area contributed by atoms with Crippen LogP contribution in [0.3, 0.4) is 0 Å². The van der Waals surface area contributed by atoms with E-state index in [1.54, 1.807) is 29.5 Å². The van der Waals surface area contributed by atoms with Crippen LogP contribution in [0.15, 0.2) is 70.7 Å². The number of phenols is 1. The second kappa shape index (κ2) is 17.0. The lowest BCUT2D eigenvalue weighted by Crippen LogP contribution is -2.59. The third kappa shape index (κ3) is 8.11. The Labute approximate surface area is 369 Å². The fourth-order valence-electron chi connectivity index (χ4n) is 9.72. The zero-order chi connectivity index (χ0) is 44.2. The van der Waals surface area contributed by atoms with Gasteiger partial charge in [0.2, 0.25) is 17.7 Å². The predicted octanol–water partition coefficient (Wildman–Crippen LogP) is 5.92. The molecule has 328 valence electrons. The van der Waals surface area contributed by atoms with Gasteiger partial charge in [-0.2, -0.15) is 0 Å². The Hall–Kier alpha value is -5.97. The van der Waals surface area contributed by atoms with Gasteiger partial charge in [-0.25, -0.2) is 4.98 Å². The van der Waals surface area contributed by atoms with E-state index in [0.29, 0.717) is 67.9 Å². The number of fused-ring (bicyclic) bond motifs is 3. The Morgan fingerprint density at radius 1 is 1.05 bits per heavy atom. The molecule has 0 saturated carbocycles. The molecule has 6 N–H and O–H groups in total. The highest BCUT2D eigenvalue weighted by molar-refractivity contribution is 7.13. The molecule has 0 bridgehead atoms. The fourth-order valence-corrected chi connectivity index (χ4v) is 10.5. The minimum absolute atomic E-state index is 0.00912. The van der Waals surface area contributed by atoms with E-state index in [-0.39, 0.29) is 54.3 Å². The Bertz CT molecular complexity index is 2670. The van der Waals surface area contributed by atoms with E-state index >= 15 is 0 Å². The maximum atomic E-state index is 14.4. The van der Waals surface area contributed by atoms with Crippen LogP contribution in [0.2, 0.25) is 0 Å². The number of H-pyrrole nitrogens is 1. The molecule has 16 heteroatoms. The van der Waals surface area contributed by atoms with Gasteiger partial charge in [-0.05, 0) is 80.3 Å². The van der Waals surface area contributed by atoms with Gasteiger partial charge in [-0.1, -0.05) is 55.4 Å². The van der Waals surface area contributed by atoms with Crippen molar-refractivity contribution < 1.29 is 29.1 Å². The molecule has 2 saturated heterocycles. The highest BCUT2D eigenvalue weighted by Gasteiger charge is 2.45. The summed E-state index contributed by atoms with van der Waals surface area (Å²) in [5.74, 6) is -1.06. The van der Waals surface area contributed by atoms with E-state index in [1.165, 1.54) is 4.90 Å². The normalized spacial score (nSPS) is 21.4. The molecule has 9 rings (SSSR count). The highest BCUT2D eigenvalue weighted by Crippen LogP contribution is 2.39. The lowest BCUT2D eigenvalue weighted by Gasteiger charge is -2.39. The van der Waals surface area contributed by atoms with Crippen molar-refractivity contribution in [3.05, 3.63) is 100 Å². The van der Waals surface area contributed by atoms with Gasteiger partial charge in [0.15, 0.2) is 5.65 Å². The molecular weight excluding hydrogens is 819 g/mol. The number of para-hydroxylation sites is 1. The van der Waals surface area contributed by atoms with Gasteiger partial charge in [-0.15, -0.1) is 21.5 Å². The van der Waals surface area contributed by atoms with Gasteiger partial charge in [0.1, 0.15) is 29.0 Å². The summed E-state index contributed by atoms with van der Waals surface area (Å²) in [4.78, 5) is 54.5. The maximum Gasteiger partial charge on any atom is 0.243 e. The first-order valence-electron chi connectivity index (χ1n) is 21.8. The zero-order valence-electron chi connectivity index (χ0n) is 35.9. The summed E-state index contributed by atoms with van der Waals surface area (Å²) >= 11 is 1.59. The number of hydrogen-bond acceptors (Lipinski definition) is 12. The van der Waals surface area contributed by atoms with Crippen molar-refractivity contribution in [1.29, 1.82) is 0 Å². The van der Waals surface area contributed by atoms with Crippen molar-refractivity contribution in [3.63, 3.8) is 0 Å². The number of rotatable bonds is 10. The van der Waals surface area contributed by atoms with Crippen LogP contribution in [-0.2, 0) is 27.2 Å². The van der Waals surface area contributed by atoms with E-state index in [4.69, 9.17) is 10.3 Å². The molecule has 63 heavy (non-hydrogen) atoms. The van der Waals surface area contributed by atoms with Gasteiger partial charge >= 0.3 is 0 Å². The molecule has 3 amide bonds. The first-order chi connectivity index (χ1) is 30.3. The molecule has 2 aliphatic heterocycles. The summed E-state index contributed by atoms with van der Waals surface area (Å²) in [6, 6.07) is 17.6. The first-order valence-corrected chi connectivity index (χ1v) is 22.7. The average molecular weight is 872 g/mol. The van der Waals surface area contributed by atoms with Crippen molar-refractivity contribution in [2.75, 3.05) is 19.6 Å². The van der Waals surface area contributed by atoms with Gasteiger partial charge in [0, 0.05) is 61.1 Å². The van der Waals surface area contributed by atoms with Gasteiger partial charge < -0.3 is 40.6 Å². The topological polar surface area (TPSA) is 217 Å². The van der Waals surface area contributed by atoms with Crippen LogP contribution in [-0.4, -0.2) is 100 Å². The lowest BCUT2D eigenvalue weighted by atomic mass is 9.79. The number of likely N-dealkylation sites (tertiary alicyclic amines) is 2. The number of hydrogen-bond donors (Lipinski definition) is 5. The Morgan fingerprint density at radius 2 is 1.81 bits per heavy atom. The molecule has 0 unspecified atom stereocenters. The molecule has 6 aromatic rings. The average Bonchev–Trinajstić information content (AvgIpc) is 4.10. The molecular formula is C47H53N9O6S. The minimum Gasteiger partial charge on any atom is -0.507 e. The van der Waals surface area contributed by atoms with Crippen molar-refractivity contribution in [2.45, 2.75) is 102 Å². The van der Waals surface area contributed by atoms with E-state index < -0.39 is 23.6 Å². The molecule has 1 aliphatic carbocycles. The summed E-state index contributed by atoms with van der Waals surface area (Å²) < 4.78 is 5.91. The molecule has 0 radical (unpaired) electrons. The standard InChI is InChI=1S/C47H53N9O6S/c1-25(2)41(45(60)56-23-31(57)19-38(56)44(59)50-26(3)28-9-11-30(12-10-28)42-27(4)49-24-63-42)40-21-36(54-62-40)29-14-17-55(18-15-29)46(61)47(48)16-13-35-34(22-47)33-20-37(52-53-43(33)51-35)32-7-5-6-8-39(32)58/h5-12,20-21,24-26,29,31,38,41,57-58H,13-19,22-23,48H2,1-4H3,(H,50,59)(H,51,53)/t26-,31+,38-,41+,47+/m0/s1. The molecule has 4 aromatic heterocycles. The van der Waals surface area contributed by atoms with Crippen LogP contribution in [0.5, 0.6) is 5.75 Å². The van der Waals surface area contributed by atoms with Crippen LogP contribution >= 0.6 is 11.3 Å². The van der Waals surface area contributed by atoms with Crippen molar-refractivity contribution in [3.8, 4) is 27.4 Å². The summed E-state index contributed by atoms with van der Waals surface area (Å²) in [7, 11) is 0. The predicted molar refractivity (Wildman–Crippen MR) is 238 cm³/mol. The van der Waals surface area contributed by atoms with E-state index in [0.717, 1.165) is 44.0 Å². The largest absolute Gasteiger partial charge is 0.507 e. The van der Waals surface area contributed by atoms with Crippen LogP contribution in [0.4, 0.5) is 0 Å². The van der Waals surface area contributed by atoms with Crippen LogP contribution < -0.4 is 11.1 Å². The van der Waals surface area contributed by atoms with Crippen LogP contribution in [0, 0.1) is 12.8 Å². The molecule has 0 spiro atoms. The third-order valence-corrected chi connectivity index (χ3v) is 14.3. The number of aliphatic hydroxyl groups is 1. The first kappa shape index (κ1) is 42.3. The summed E-state index contributed by atoms with van der Waals surface area (Å²) in [6.45, 7) is 8.80. The molecule has 2 fully saturated rings.